The number of rotatable bonds is 6. The molecule has 4 rings (SSSR count). The van der Waals surface area contributed by atoms with Gasteiger partial charge >= 0.3 is 0 Å². The van der Waals surface area contributed by atoms with E-state index in [1.807, 2.05) is 19.9 Å². The van der Waals surface area contributed by atoms with Crippen LogP contribution in [0.2, 0.25) is 0 Å². The molecule has 35 heavy (non-hydrogen) atoms. The van der Waals surface area contributed by atoms with Gasteiger partial charge in [-0.25, -0.2) is 0 Å². The molecular formula is C31H48O4. The van der Waals surface area contributed by atoms with Crippen LogP contribution in [0.3, 0.4) is 0 Å². The van der Waals surface area contributed by atoms with Crippen molar-refractivity contribution in [2.24, 2.45) is 45.3 Å². The number of carbonyl (C=O) groups is 2. The molecule has 0 bridgehead atoms. The van der Waals surface area contributed by atoms with Crippen LogP contribution < -0.4 is 0 Å². The molecule has 0 amide bonds. The number of aliphatic hydroxyl groups is 2. The first-order valence-corrected chi connectivity index (χ1v) is 13.9. The Kier molecular flexibility index (Phi) is 6.41. The van der Waals surface area contributed by atoms with Gasteiger partial charge in [0.25, 0.3) is 0 Å². The minimum atomic E-state index is -1.06. The lowest BCUT2D eigenvalue weighted by Gasteiger charge is -2.62. The molecule has 0 heterocycles. The van der Waals surface area contributed by atoms with E-state index in [1.165, 1.54) is 18.4 Å². The Labute approximate surface area is 212 Å². The van der Waals surface area contributed by atoms with E-state index in [9.17, 15) is 19.8 Å². The Morgan fingerprint density at radius 3 is 2.34 bits per heavy atom. The quantitative estimate of drug-likeness (QED) is 0.273. The Hall–Kier alpha value is -1.26. The normalized spacial score (nSPS) is 42.2. The summed E-state index contributed by atoms with van der Waals surface area (Å²) < 4.78 is 0. The Morgan fingerprint density at radius 1 is 1.09 bits per heavy atom. The third-order valence-electron chi connectivity index (χ3n) is 11.8. The highest BCUT2D eigenvalue weighted by molar-refractivity contribution is 6.15. The van der Waals surface area contributed by atoms with Crippen molar-refractivity contribution in [2.75, 3.05) is 0 Å². The van der Waals surface area contributed by atoms with Gasteiger partial charge in [0.1, 0.15) is 0 Å². The summed E-state index contributed by atoms with van der Waals surface area (Å²) in [6.07, 6.45) is 11.7. The number of hydrogen-bond acceptors (Lipinski definition) is 4. The fraction of sp³-hybridized carbons (Fsp3) is 0.806. The number of hydrogen-bond donors (Lipinski definition) is 2. The van der Waals surface area contributed by atoms with Crippen molar-refractivity contribution in [3.8, 4) is 0 Å². The molecule has 2 fully saturated rings. The molecule has 2 N–H and O–H groups in total. The zero-order chi connectivity index (χ0) is 26.2. The highest BCUT2D eigenvalue weighted by Gasteiger charge is 2.65. The zero-order valence-corrected chi connectivity index (χ0v) is 23.3. The number of ketones is 1. The lowest BCUT2D eigenvalue weighted by molar-refractivity contribution is -0.133. The van der Waals surface area contributed by atoms with E-state index in [1.54, 1.807) is 13.8 Å². The number of aliphatic hydroxyl groups excluding tert-OH is 1. The van der Waals surface area contributed by atoms with Crippen LogP contribution in [0.25, 0.3) is 0 Å². The molecule has 8 atom stereocenters. The SMILES string of the molecule is C[C@H](CC[C@H](O)C(C)(C)O)[C@H]1CC[C@@]2(C)C3CCC4C(C)(C)C(=O)C(C=O)=C[C@]4(C)C3=CC[C@]12C. The van der Waals surface area contributed by atoms with Crippen molar-refractivity contribution in [1.29, 1.82) is 0 Å². The highest BCUT2D eigenvalue weighted by atomic mass is 16.3. The van der Waals surface area contributed by atoms with E-state index >= 15 is 0 Å². The summed E-state index contributed by atoms with van der Waals surface area (Å²) in [7, 11) is 0. The summed E-state index contributed by atoms with van der Waals surface area (Å²) in [4.78, 5) is 24.9. The number of Topliss-reactive ketones (excluding diaryl/α,β-unsaturated/α-hetero) is 1. The Balaban J connectivity index is 1.66. The smallest absolute Gasteiger partial charge is 0.171 e. The first-order valence-electron chi connectivity index (χ1n) is 13.9. The minimum Gasteiger partial charge on any atom is -0.390 e. The molecule has 2 saturated carbocycles. The molecule has 0 spiro atoms. The molecule has 4 heteroatoms. The highest BCUT2D eigenvalue weighted by Crippen LogP contribution is 2.72. The molecule has 0 saturated heterocycles. The molecule has 0 radical (unpaired) electrons. The molecule has 4 nitrogen and oxygen atoms in total. The predicted molar refractivity (Wildman–Crippen MR) is 140 cm³/mol. The molecule has 4 aliphatic rings. The average Bonchev–Trinajstić information content (AvgIpc) is 3.05. The zero-order valence-electron chi connectivity index (χ0n) is 23.3. The second-order valence-electron chi connectivity index (χ2n) is 14.3. The van der Waals surface area contributed by atoms with Gasteiger partial charge in [0.2, 0.25) is 0 Å². The van der Waals surface area contributed by atoms with Crippen molar-refractivity contribution >= 4 is 12.1 Å². The molecule has 2 unspecified atom stereocenters. The van der Waals surface area contributed by atoms with Gasteiger partial charge < -0.3 is 10.2 Å². The van der Waals surface area contributed by atoms with Crippen LogP contribution in [0.15, 0.2) is 23.3 Å². The Morgan fingerprint density at radius 2 is 1.74 bits per heavy atom. The van der Waals surface area contributed by atoms with Crippen LogP contribution in [0, 0.1) is 45.3 Å². The van der Waals surface area contributed by atoms with Crippen LogP contribution in [-0.4, -0.2) is 34.0 Å². The molecule has 0 aromatic rings. The third kappa shape index (κ3) is 3.76. The van der Waals surface area contributed by atoms with Crippen LogP contribution in [0.4, 0.5) is 0 Å². The topological polar surface area (TPSA) is 74.6 Å². The predicted octanol–water partition coefficient (Wildman–Crippen LogP) is 6.05. The molecule has 196 valence electrons. The van der Waals surface area contributed by atoms with Crippen molar-refractivity contribution in [1.82, 2.24) is 0 Å². The largest absolute Gasteiger partial charge is 0.390 e. The maximum Gasteiger partial charge on any atom is 0.171 e. The summed E-state index contributed by atoms with van der Waals surface area (Å²) in [5.74, 6) is 1.75. The maximum atomic E-state index is 13.1. The first kappa shape index (κ1) is 26.8. The number of fused-ring (bicyclic) bond motifs is 5. The van der Waals surface area contributed by atoms with Gasteiger partial charge in [-0.2, -0.15) is 0 Å². The minimum absolute atomic E-state index is 0.00360. The van der Waals surface area contributed by atoms with Crippen LogP contribution in [0.1, 0.15) is 100 Å². The Bertz CT molecular complexity index is 952. The van der Waals surface area contributed by atoms with Gasteiger partial charge in [-0.3, -0.25) is 9.59 Å². The molecule has 0 aromatic heterocycles. The summed E-state index contributed by atoms with van der Waals surface area (Å²) in [6.45, 7) is 17.1. The molecular weight excluding hydrogens is 436 g/mol. The average molecular weight is 485 g/mol. The van der Waals surface area contributed by atoms with Crippen molar-refractivity contribution < 1.29 is 19.8 Å². The van der Waals surface area contributed by atoms with Gasteiger partial charge in [-0.15, -0.1) is 0 Å². The van der Waals surface area contributed by atoms with Gasteiger partial charge in [0.05, 0.1) is 17.3 Å². The fourth-order valence-corrected chi connectivity index (χ4v) is 9.34. The number of aldehydes is 1. The lowest BCUT2D eigenvalue weighted by atomic mass is 9.42. The van der Waals surface area contributed by atoms with E-state index in [0.717, 1.165) is 32.0 Å². The fourth-order valence-electron chi connectivity index (χ4n) is 9.34. The standard InChI is InChI=1S/C31H48O4/c1-19(9-12-25(33)28(4,5)35)21-13-15-31(8)23-10-11-24-27(2,3)26(34)20(18-32)17-29(24,6)22(23)14-16-30(21,31)7/h14,17-19,21,23-25,33,35H,9-13,15-16H2,1-8H3/t19-,21-,23?,24?,25+,29-,30-,31+/m1/s1. The van der Waals surface area contributed by atoms with E-state index < -0.39 is 17.1 Å². The second-order valence-corrected chi connectivity index (χ2v) is 14.3. The van der Waals surface area contributed by atoms with E-state index in [-0.39, 0.29) is 27.9 Å². The van der Waals surface area contributed by atoms with E-state index in [4.69, 9.17) is 0 Å². The van der Waals surface area contributed by atoms with Crippen LogP contribution >= 0.6 is 0 Å². The van der Waals surface area contributed by atoms with E-state index in [2.05, 4.69) is 33.8 Å². The van der Waals surface area contributed by atoms with Crippen molar-refractivity contribution in [3.63, 3.8) is 0 Å². The second kappa shape index (κ2) is 8.38. The van der Waals surface area contributed by atoms with E-state index in [0.29, 0.717) is 29.7 Å². The maximum absolute atomic E-state index is 13.1. The summed E-state index contributed by atoms with van der Waals surface area (Å²) >= 11 is 0. The molecule has 0 aromatic carbocycles. The lowest BCUT2D eigenvalue weighted by Crippen LogP contribution is -2.56. The van der Waals surface area contributed by atoms with Crippen molar-refractivity contribution in [2.45, 2.75) is 112 Å². The number of allylic oxidation sites excluding steroid dienone is 4. The van der Waals surface area contributed by atoms with Crippen LogP contribution in [-0.2, 0) is 9.59 Å². The van der Waals surface area contributed by atoms with Crippen molar-refractivity contribution in [3.05, 3.63) is 23.3 Å². The number of carbonyl (C=O) groups excluding carboxylic acids is 2. The van der Waals surface area contributed by atoms with Crippen LogP contribution in [0.5, 0.6) is 0 Å². The van der Waals surface area contributed by atoms with Gasteiger partial charge in [0, 0.05) is 10.8 Å². The van der Waals surface area contributed by atoms with Gasteiger partial charge in [0.15, 0.2) is 12.1 Å². The monoisotopic (exact) mass is 484 g/mol. The summed E-state index contributed by atoms with van der Waals surface area (Å²) in [5.41, 5.74) is 0.354. The third-order valence-corrected chi connectivity index (χ3v) is 11.8. The first-order chi connectivity index (χ1) is 16.0. The molecule has 4 aliphatic carbocycles. The molecule has 0 aliphatic heterocycles. The van der Waals surface area contributed by atoms with Gasteiger partial charge in [-0.05, 0) is 93.3 Å². The summed E-state index contributed by atoms with van der Waals surface area (Å²) in [6, 6.07) is 0. The van der Waals surface area contributed by atoms with Gasteiger partial charge in [-0.1, -0.05) is 59.3 Å². The summed E-state index contributed by atoms with van der Waals surface area (Å²) in [5, 5.41) is 20.6.